The predicted octanol–water partition coefficient (Wildman–Crippen LogP) is 5.26. The summed E-state index contributed by atoms with van der Waals surface area (Å²) >= 11 is 0. The van der Waals surface area contributed by atoms with Gasteiger partial charge in [-0.15, -0.1) is 13.2 Å². The number of sulfone groups is 1. The first kappa shape index (κ1) is 33.2. The van der Waals surface area contributed by atoms with Crippen LogP contribution in [-0.2, 0) is 20.8 Å². The van der Waals surface area contributed by atoms with Gasteiger partial charge in [0, 0.05) is 18.7 Å². The van der Waals surface area contributed by atoms with Gasteiger partial charge in [0.15, 0.2) is 9.84 Å². The zero-order valence-electron chi connectivity index (χ0n) is 23.3. The fraction of sp³-hybridized carbons (Fsp3) is 0.379. The van der Waals surface area contributed by atoms with Crippen LogP contribution in [0.15, 0.2) is 71.8 Å². The number of aliphatic hydroxyl groups is 1. The molecule has 3 atom stereocenters. The Kier molecular flexibility index (Phi) is 9.90. The molecule has 0 bridgehead atoms. The van der Waals surface area contributed by atoms with Crippen LogP contribution in [0.4, 0.5) is 32.2 Å². The fourth-order valence-electron chi connectivity index (χ4n) is 4.97. The number of halogens is 6. The van der Waals surface area contributed by atoms with Gasteiger partial charge in [-0.25, -0.2) is 13.4 Å². The Morgan fingerprint density at radius 3 is 2.23 bits per heavy atom. The molecule has 44 heavy (non-hydrogen) atoms. The highest BCUT2D eigenvalue weighted by molar-refractivity contribution is 7.91. The van der Waals surface area contributed by atoms with Crippen LogP contribution in [-0.4, -0.2) is 62.3 Å². The van der Waals surface area contributed by atoms with E-state index in [4.69, 9.17) is 0 Å². The monoisotopic (exact) mass is 645 g/mol. The van der Waals surface area contributed by atoms with Gasteiger partial charge in [-0.05, 0) is 53.9 Å². The highest BCUT2D eigenvalue weighted by Gasteiger charge is 2.38. The van der Waals surface area contributed by atoms with Gasteiger partial charge in [0.1, 0.15) is 5.82 Å². The number of pyridine rings is 1. The zero-order valence-corrected chi connectivity index (χ0v) is 24.1. The first-order chi connectivity index (χ1) is 20.6. The molecule has 1 aliphatic heterocycles. The van der Waals surface area contributed by atoms with Crippen molar-refractivity contribution in [3.63, 3.8) is 0 Å². The highest BCUT2D eigenvalue weighted by atomic mass is 32.2. The summed E-state index contributed by atoms with van der Waals surface area (Å²) in [6.45, 7) is 0.432. The molecular weight excluding hydrogens is 616 g/mol. The van der Waals surface area contributed by atoms with E-state index in [1.54, 1.807) is 4.90 Å². The maximum atomic E-state index is 13.0. The smallest absolute Gasteiger partial charge is 0.394 e. The van der Waals surface area contributed by atoms with Crippen LogP contribution < -0.4 is 10.2 Å². The van der Waals surface area contributed by atoms with Gasteiger partial charge in [-0.1, -0.05) is 31.2 Å². The molecule has 2 N–H and O–H groups in total. The molecule has 0 radical (unpaired) electrons. The average Bonchev–Trinajstić information content (AvgIpc) is 3.42. The molecule has 0 spiro atoms. The Labute approximate surface area is 249 Å². The number of anilines is 1. The Hall–Kier alpha value is -3.69. The standard InChI is InChI=1S/C29H29F6N3O5S/c1-2-44(41,42)24-10-5-19(6-11-24)25(16-39)37-27(40)20-7-12-26(36-14-20)38-15-21(13-23(38)17-43-29(33,34)35)18-3-8-22(9-4-18)28(30,31)32/h3-12,14,21,23,25,39H,2,13,15-17H2,1H3,(H,37,40)/t21-,23-,25-/m0/s1. The lowest BCUT2D eigenvalue weighted by molar-refractivity contribution is -0.325. The number of benzene rings is 2. The maximum Gasteiger partial charge on any atom is 0.522 e. The molecule has 15 heteroatoms. The van der Waals surface area contributed by atoms with Crippen molar-refractivity contribution in [2.45, 2.75) is 48.8 Å². The summed E-state index contributed by atoms with van der Waals surface area (Å²) in [6, 6.07) is 11.3. The zero-order chi connectivity index (χ0) is 32.3. The second-order valence-corrected chi connectivity index (χ2v) is 12.5. The number of nitrogens with zero attached hydrogens (tertiary/aromatic N) is 2. The summed E-state index contributed by atoms with van der Waals surface area (Å²) in [5.74, 6) is -0.876. The third kappa shape index (κ3) is 8.07. The molecule has 1 aliphatic rings. The molecular formula is C29H29F6N3O5S. The van der Waals surface area contributed by atoms with Gasteiger partial charge in [-0.3, -0.25) is 9.53 Å². The minimum Gasteiger partial charge on any atom is -0.394 e. The third-order valence-corrected chi connectivity index (χ3v) is 9.13. The Balaban J connectivity index is 1.49. The third-order valence-electron chi connectivity index (χ3n) is 7.38. The SMILES string of the molecule is CCS(=O)(=O)c1ccc([C@H](CO)NC(=O)c2ccc(N3C[C@@H](c4ccc(C(F)(F)F)cc4)C[C@H]3COC(F)(F)F)nc2)cc1. The van der Waals surface area contributed by atoms with Crippen LogP contribution in [0.5, 0.6) is 0 Å². The van der Waals surface area contributed by atoms with Crippen molar-refractivity contribution in [2.24, 2.45) is 0 Å². The molecule has 2 aromatic carbocycles. The Morgan fingerprint density at radius 2 is 1.70 bits per heavy atom. The minimum atomic E-state index is -4.89. The molecule has 2 heterocycles. The second-order valence-electron chi connectivity index (χ2n) is 10.2. The topological polar surface area (TPSA) is 109 Å². The summed E-state index contributed by atoms with van der Waals surface area (Å²) in [5.41, 5.74) is 0.218. The summed E-state index contributed by atoms with van der Waals surface area (Å²) < 4.78 is 106. The van der Waals surface area contributed by atoms with Crippen LogP contribution in [0, 0.1) is 0 Å². The number of amides is 1. The van der Waals surface area contributed by atoms with Crippen molar-refractivity contribution in [1.29, 1.82) is 0 Å². The van der Waals surface area contributed by atoms with E-state index in [-0.39, 0.29) is 35.0 Å². The number of aliphatic hydroxyl groups excluding tert-OH is 1. The van der Waals surface area contributed by atoms with E-state index >= 15 is 0 Å². The predicted molar refractivity (Wildman–Crippen MR) is 148 cm³/mol. The van der Waals surface area contributed by atoms with Gasteiger partial charge in [0.2, 0.25) is 0 Å². The number of nitrogens with one attached hydrogen (secondary N) is 1. The van der Waals surface area contributed by atoms with Crippen molar-refractivity contribution in [3.8, 4) is 0 Å². The molecule has 1 fully saturated rings. The van der Waals surface area contributed by atoms with Crippen LogP contribution in [0.25, 0.3) is 0 Å². The lowest BCUT2D eigenvalue weighted by Gasteiger charge is -2.26. The summed E-state index contributed by atoms with van der Waals surface area (Å²) in [5, 5.41) is 12.5. The molecule has 1 saturated heterocycles. The van der Waals surface area contributed by atoms with E-state index in [9.17, 15) is 44.7 Å². The number of carbonyl (C=O) groups excluding carboxylic acids is 1. The van der Waals surface area contributed by atoms with Gasteiger partial charge < -0.3 is 15.3 Å². The van der Waals surface area contributed by atoms with E-state index in [0.717, 1.165) is 12.1 Å². The Bertz CT molecular complexity index is 1530. The van der Waals surface area contributed by atoms with Crippen LogP contribution in [0.3, 0.4) is 0 Å². The number of ether oxygens (including phenoxy) is 1. The Morgan fingerprint density at radius 1 is 1.05 bits per heavy atom. The van der Waals surface area contributed by atoms with E-state index in [0.29, 0.717) is 11.1 Å². The molecule has 238 valence electrons. The molecule has 0 aliphatic carbocycles. The molecule has 8 nitrogen and oxygen atoms in total. The number of aromatic nitrogens is 1. The molecule has 1 amide bonds. The summed E-state index contributed by atoms with van der Waals surface area (Å²) in [6.07, 6.45) is -8.05. The van der Waals surface area contributed by atoms with E-state index in [1.807, 2.05) is 0 Å². The number of carbonyl (C=O) groups is 1. The molecule has 0 unspecified atom stereocenters. The minimum absolute atomic E-state index is 0.0824. The summed E-state index contributed by atoms with van der Waals surface area (Å²) in [4.78, 5) is 18.8. The average molecular weight is 646 g/mol. The van der Waals surface area contributed by atoms with E-state index in [2.05, 4.69) is 15.0 Å². The van der Waals surface area contributed by atoms with Crippen molar-refractivity contribution in [3.05, 3.63) is 89.1 Å². The quantitative estimate of drug-likeness (QED) is 0.290. The van der Waals surface area contributed by atoms with Crippen LogP contribution in [0.2, 0.25) is 0 Å². The number of hydrogen-bond donors (Lipinski definition) is 2. The largest absolute Gasteiger partial charge is 0.522 e. The molecule has 3 aromatic rings. The van der Waals surface area contributed by atoms with Crippen molar-refractivity contribution < 1.29 is 49.4 Å². The maximum absolute atomic E-state index is 13.0. The van der Waals surface area contributed by atoms with Gasteiger partial charge >= 0.3 is 12.5 Å². The molecule has 4 rings (SSSR count). The first-order valence-electron chi connectivity index (χ1n) is 13.5. The second kappa shape index (κ2) is 13.1. The lowest BCUT2D eigenvalue weighted by Crippen LogP contribution is -2.36. The van der Waals surface area contributed by atoms with Crippen molar-refractivity contribution in [2.75, 3.05) is 30.4 Å². The van der Waals surface area contributed by atoms with Gasteiger partial charge in [0.25, 0.3) is 5.91 Å². The molecule has 0 saturated carbocycles. The van der Waals surface area contributed by atoms with Crippen LogP contribution >= 0.6 is 0 Å². The van der Waals surface area contributed by atoms with Crippen molar-refractivity contribution >= 4 is 21.6 Å². The number of alkyl halides is 6. The van der Waals surface area contributed by atoms with Gasteiger partial charge in [-0.2, -0.15) is 13.2 Å². The first-order valence-corrected chi connectivity index (χ1v) is 15.1. The van der Waals surface area contributed by atoms with Gasteiger partial charge in [0.05, 0.1) is 47.1 Å². The lowest BCUT2D eigenvalue weighted by atomic mass is 9.95. The van der Waals surface area contributed by atoms with E-state index < -0.39 is 65.1 Å². The van der Waals surface area contributed by atoms with Crippen molar-refractivity contribution in [1.82, 2.24) is 10.3 Å². The normalized spacial score (nSPS) is 18.3. The summed E-state index contributed by atoms with van der Waals surface area (Å²) in [7, 11) is -3.43. The van der Waals surface area contributed by atoms with E-state index in [1.165, 1.54) is 61.7 Å². The number of rotatable bonds is 10. The fourth-order valence-corrected chi connectivity index (χ4v) is 5.86. The van der Waals surface area contributed by atoms with Crippen LogP contribution in [0.1, 0.15) is 52.4 Å². The number of hydrogen-bond acceptors (Lipinski definition) is 7. The highest BCUT2D eigenvalue weighted by Crippen LogP contribution is 2.37. The molecule has 1 aromatic heterocycles.